The quantitative estimate of drug-likeness (QED) is 0.826. The molecular formula is C15H17F2N3O2. The van der Waals surface area contributed by atoms with E-state index in [4.69, 9.17) is 0 Å². The highest BCUT2D eigenvalue weighted by Crippen LogP contribution is 2.29. The van der Waals surface area contributed by atoms with E-state index in [1.807, 2.05) is 0 Å². The van der Waals surface area contributed by atoms with E-state index in [2.05, 4.69) is 15.5 Å². The number of amides is 2. The fraction of sp³-hybridized carbons (Fsp3) is 0.467. The van der Waals surface area contributed by atoms with Gasteiger partial charge in [-0.2, -0.15) is 0 Å². The van der Waals surface area contributed by atoms with Crippen molar-refractivity contribution in [1.29, 1.82) is 0 Å². The summed E-state index contributed by atoms with van der Waals surface area (Å²) < 4.78 is 26.5. The molecule has 1 heterocycles. The van der Waals surface area contributed by atoms with Gasteiger partial charge in [-0.1, -0.05) is 6.07 Å². The van der Waals surface area contributed by atoms with Crippen LogP contribution in [0.4, 0.5) is 14.5 Å². The maximum Gasteiger partial charge on any atom is 0.313 e. The summed E-state index contributed by atoms with van der Waals surface area (Å²) in [4.78, 5) is 25.9. The van der Waals surface area contributed by atoms with Crippen molar-refractivity contribution in [2.24, 2.45) is 0 Å². The van der Waals surface area contributed by atoms with E-state index in [0.717, 1.165) is 25.6 Å². The van der Waals surface area contributed by atoms with Gasteiger partial charge in [0.25, 0.3) is 0 Å². The first-order chi connectivity index (χ1) is 10.5. The van der Waals surface area contributed by atoms with Crippen LogP contribution in [0, 0.1) is 11.6 Å². The van der Waals surface area contributed by atoms with Crippen molar-refractivity contribution in [2.45, 2.75) is 31.3 Å². The van der Waals surface area contributed by atoms with Gasteiger partial charge in [0.15, 0.2) is 11.6 Å². The lowest BCUT2D eigenvalue weighted by atomic mass is 10.2. The van der Waals surface area contributed by atoms with Crippen molar-refractivity contribution in [3.05, 3.63) is 29.8 Å². The predicted molar refractivity (Wildman–Crippen MR) is 76.1 cm³/mol. The van der Waals surface area contributed by atoms with Crippen molar-refractivity contribution in [3.63, 3.8) is 0 Å². The smallest absolute Gasteiger partial charge is 0.313 e. The Morgan fingerprint density at radius 1 is 1.14 bits per heavy atom. The van der Waals surface area contributed by atoms with Crippen LogP contribution in [0.3, 0.4) is 0 Å². The number of likely N-dealkylation sites (tertiary alicyclic amines) is 1. The number of nitrogens with one attached hydrogen (secondary N) is 2. The van der Waals surface area contributed by atoms with Crippen molar-refractivity contribution < 1.29 is 18.4 Å². The molecule has 1 aromatic carbocycles. The Hall–Kier alpha value is -2.02. The molecule has 2 N–H and O–H groups in total. The second-order valence-electron chi connectivity index (χ2n) is 5.74. The largest absolute Gasteiger partial charge is 0.344 e. The number of nitrogens with zero attached hydrogens (tertiary/aromatic N) is 1. The van der Waals surface area contributed by atoms with E-state index in [1.165, 1.54) is 25.0 Å². The number of halogens is 2. The van der Waals surface area contributed by atoms with Gasteiger partial charge in [-0.3, -0.25) is 14.5 Å². The third-order valence-electron chi connectivity index (χ3n) is 4.02. The summed E-state index contributed by atoms with van der Waals surface area (Å²) >= 11 is 0. The molecule has 2 amide bonds. The molecule has 3 rings (SSSR count). The molecule has 1 aromatic rings. The first kappa shape index (κ1) is 14.9. The van der Waals surface area contributed by atoms with Crippen molar-refractivity contribution in [3.8, 4) is 0 Å². The van der Waals surface area contributed by atoms with Crippen LogP contribution in [0.15, 0.2) is 18.2 Å². The summed E-state index contributed by atoms with van der Waals surface area (Å²) in [6.07, 6.45) is 3.18. The zero-order chi connectivity index (χ0) is 15.7. The summed E-state index contributed by atoms with van der Waals surface area (Å²) in [5, 5.41) is 4.73. The number of benzene rings is 1. The molecule has 1 atom stereocenters. The summed E-state index contributed by atoms with van der Waals surface area (Å²) in [7, 11) is 0. The summed E-state index contributed by atoms with van der Waals surface area (Å²) in [5.74, 6) is -4.07. The van der Waals surface area contributed by atoms with Crippen LogP contribution in [0.25, 0.3) is 0 Å². The molecular weight excluding hydrogens is 292 g/mol. The molecule has 7 heteroatoms. The second-order valence-corrected chi connectivity index (χ2v) is 5.74. The highest BCUT2D eigenvalue weighted by molar-refractivity contribution is 6.39. The van der Waals surface area contributed by atoms with Crippen LogP contribution in [-0.2, 0) is 9.59 Å². The van der Waals surface area contributed by atoms with Gasteiger partial charge in [0, 0.05) is 25.2 Å². The van der Waals surface area contributed by atoms with Crippen molar-refractivity contribution >= 4 is 17.5 Å². The zero-order valence-electron chi connectivity index (χ0n) is 11.9. The van der Waals surface area contributed by atoms with Crippen LogP contribution in [0.5, 0.6) is 0 Å². The molecule has 118 valence electrons. The molecule has 0 bridgehead atoms. The van der Waals surface area contributed by atoms with Crippen molar-refractivity contribution in [1.82, 2.24) is 10.2 Å². The van der Waals surface area contributed by atoms with Gasteiger partial charge in [0.2, 0.25) is 0 Å². The summed E-state index contributed by atoms with van der Waals surface area (Å²) in [5.41, 5.74) is -0.342. The van der Waals surface area contributed by atoms with Crippen LogP contribution < -0.4 is 10.6 Å². The molecule has 0 aromatic heterocycles. The minimum Gasteiger partial charge on any atom is -0.344 e. The number of carbonyl (C=O) groups is 2. The Balaban J connectivity index is 1.53. The topological polar surface area (TPSA) is 61.4 Å². The fourth-order valence-corrected chi connectivity index (χ4v) is 2.71. The second kappa shape index (κ2) is 6.00. The Labute approximate surface area is 126 Å². The van der Waals surface area contributed by atoms with Gasteiger partial charge in [0.1, 0.15) is 0 Å². The first-order valence-electron chi connectivity index (χ1n) is 7.34. The number of rotatable bonds is 3. The Morgan fingerprint density at radius 2 is 1.91 bits per heavy atom. The molecule has 0 spiro atoms. The average molecular weight is 309 g/mol. The Kier molecular flexibility index (Phi) is 4.06. The van der Waals surface area contributed by atoms with E-state index >= 15 is 0 Å². The minimum atomic E-state index is -1.18. The molecule has 2 fully saturated rings. The highest BCUT2D eigenvalue weighted by Gasteiger charge is 2.35. The molecule has 5 nitrogen and oxygen atoms in total. The lowest BCUT2D eigenvalue weighted by molar-refractivity contribution is -0.136. The highest BCUT2D eigenvalue weighted by atomic mass is 19.2. The Morgan fingerprint density at radius 3 is 2.64 bits per heavy atom. The maximum atomic E-state index is 13.4. The first-order valence-corrected chi connectivity index (χ1v) is 7.34. The molecule has 2 aliphatic rings. The van der Waals surface area contributed by atoms with Crippen LogP contribution >= 0.6 is 0 Å². The fourth-order valence-electron chi connectivity index (χ4n) is 2.71. The van der Waals surface area contributed by atoms with Crippen LogP contribution in [-0.4, -0.2) is 41.9 Å². The van der Waals surface area contributed by atoms with Crippen LogP contribution in [0.2, 0.25) is 0 Å². The lowest BCUT2D eigenvalue weighted by Crippen LogP contribution is -2.43. The number of anilines is 1. The van der Waals surface area contributed by atoms with E-state index in [0.29, 0.717) is 6.04 Å². The third kappa shape index (κ3) is 3.24. The van der Waals surface area contributed by atoms with Gasteiger partial charge < -0.3 is 10.6 Å². The van der Waals surface area contributed by atoms with Gasteiger partial charge in [0.05, 0.1) is 5.69 Å². The van der Waals surface area contributed by atoms with Gasteiger partial charge >= 0.3 is 11.8 Å². The molecule has 0 radical (unpaired) electrons. The van der Waals surface area contributed by atoms with E-state index in [-0.39, 0.29) is 11.7 Å². The standard InChI is InChI=1S/C15H17F2N3O2/c16-11-2-1-3-12(13(11)17)19-15(22)14(21)18-9-6-7-20(8-9)10-4-5-10/h1-3,9-10H,4-8H2,(H,18,21)(H,19,22)/t9-/m1/s1. The van der Waals surface area contributed by atoms with E-state index in [1.54, 1.807) is 0 Å². The molecule has 1 aliphatic heterocycles. The molecule has 0 unspecified atom stereocenters. The Bertz CT molecular complexity index is 604. The zero-order valence-corrected chi connectivity index (χ0v) is 11.9. The molecule has 1 saturated heterocycles. The maximum absolute atomic E-state index is 13.4. The lowest BCUT2D eigenvalue weighted by Gasteiger charge is -2.15. The van der Waals surface area contributed by atoms with Crippen molar-refractivity contribution in [2.75, 3.05) is 18.4 Å². The van der Waals surface area contributed by atoms with Gasteiger partial charge in [-0.05, 0) is 31.4 Å². The molecule has 22 heavy (non-hydrogen) atoms. The number of carbonyl (C=O) groups excluding carboxylic acids is 2. The predicted octanol–water partition coefficient (Wildman–Crippen LogP) is 1.26. The normalized spacial score (nSPS) is 21.6. The summed E-state index contributed by atoms with van der Waals surface area (Å²) in [6.45, 7) is 1.65. The average Bonchev–Trinajstić information content (AvgIpc) is 3.24. The molecule has 1 aliphatic carbocycles. The minimum absolute atomic E-state index is 0.0730. The number of hydrogen-bond donors (Lipinski definition) is 2. The number of hydrogen-bond acceptors (Lipinski definition) is 3. The van der Waals surface area contributed by atoms with E-state index < -0.39 is 23.4 Å². The van der Waals surface area contributed by atoms with Gasteiger partial charge in [-0.15, -0.1) is 0 Å². The molecule has 1 saturated carbocycles. The SMILES string of the molecule is O=C(Nc1cccc(F)c1F)C(=O)N[C@@H]1CCN(C2CC2)C1. The summed E-state index contributed by atoms with van der Waals surface area (Å²) in [6, 6.07) is 3.95. The monoisotopic (exact) mass is 309 g/mol. The van der Waals surface area contributed by atoms with Gasteiger partial charge in [-0.25, -0.2) is 8.78 Å². The van der Waals surface area contributed by atoms with E-state index in [9.17, 15) is 18.4 Å². The third-order valence-corrected chi connectivity index (χ3v) is 4.02. The van der Waals surface area contributed by atoms with Crippen LogP contribution in [0.1, 0.15) is 19.3 Å².